The maximum Gasteiger partial charge on any atom is 0.425 e. The van der Waals surface area contributed by atoms with Crippen LogP contribution in [0.5, 0.6) is 0 Å². The van der Waals surface area contributed by atoms with Crippen LogP contribution in [0.25, 0.3) is 16.9 Å². The van der Waals surface area contributed by atoms with Crippen LogP contribution in [0, 0.1) is 0 Å². The predicted molar refractivity (Wildman–Crippen MR) is 102 cm³/mol. The van der Waals surface area contributed by atoms with Gasteiger partial charge in [0, 0.05) is 6.20 Å². The third kappa shape index (κ3) is 2.67. The van der Waals surface area contributed by atoms with Gasteiger partial charge in [-0.2, -0.15) is 0 Å². The number of aromatic carboxylic acids is 1. The molecule has 1 aliphatic rings. The van der Waals surface area contributed by atoms with E-state index in [0.29, 0.717) is 16.9 Å². The Hall–Kier alpha value is -2.89. The standard InChI is InChI=1S/C21H22N2O4/c1-20(2)7-8-21(3,4)14-10-16-15(9-13(14)20)23(19(26)27-16)17-6-5-12(11-22-17)18(24)25/h5-6,9-11H,7-8H2,1-4H3,(H,24,25). The zero-order valence-electron chi connectivity index (χ0n) is 15.9. The van der Waals surface area contributed by atoms with Crippen molar-refractivity contribution in [2.75, 3.05) is 0 Å². The summed E-state index contributed by atoms with van der Waals surface area (Å²) in [5.41, 5.74) is 3.68. The molecule has 0 fully saturated rings. The van der Waals surface area contributed by atoms with Crippen molar-refractivity contribution >= 4 is 17.1 Å². The van der Waals surface area contributed by atoms with Gasteiger partial charge in [0.2, 0.25) is 0 Å². The molecule has 2 aromatic heterocycles. The van der Waals surface area contributed by atoms with Crippen molar-refractivity contribution in [1.29, 1.82) is 0 Å². The number of carboxylic acids is 1. The maximum atomic E-state index is 12.5. The van der Waals surface area contributed by atoms with Gasteiger partial charge in [0.05, 0.1) is 11.1 Å². The van der Waals surface area contributed by atoms with Gasteiger partial charge in [-0.05, 0) is 59.1 Å². The fourth-order valence-corrected chi connectivity index (χ4v) is 3.94. The van der Waals surface area contributed by atoms with Crippen molar-refractivity contribution in [3.63, 3.8) is 0 Å². The molecule has 0 atom stereocenters. The molecule has 6 heteroatoms. The normalized spacial score (nSPS) is 17.6. The second-order valence-corrected chi connectivity index (χ2v) is 8.55. The van der Waals surface area contributed by atoms with Gasteiger partial charge in [0.25, 0.3) is 0 Å². The van der Waals surface area contributed by atoms with E-state index in [1.165, 1.54) is 34.0 Å². The number of nitrogens with zero attached hydrogens (tertiary/aromatic N) is 2. The lowest BCUT2D eigenvalue weighted by Gasteiger charge is -2.41. The second kappa shape index (κ2) is 5.55. The minimum atomic E-state index is -1.06. The number of fused-ring (bicyclic) bond motifs is 2. The average molecular weight is 366 g/mol. The highest BCUT2D eigenvalue weighted by Crippen LogP contribution is 2.46. The molecule has 2 heterocycles. The Morgan fingerprint density at radius 2 is 1.74 bits per heavy atom. The van der Waals surface area contributed by atoms with Crippen molar-refractivity contribution in [3.8, 4) is 5.82 Å². The number of oxazole rings is 1. The van der Waals surface area contributed by atoms with Gasteiger partial charge < -0.3 is 9.52 Å². The first-order valence-electron chi connectivity index (χ1n) is 9.00. The van der Waals surface area contributed by atoms with E-state index in [0.717, 1.165) is 12.8 Å². The molecule has 0 amide bonds. The molecule has 140 valence electrons. The highest BCUT2D eigenvalue weighted by molar-refractivity contribution is 5.87. The van der Waals surface area contributed by atoms with Crippen molar-refractivity contribution in [2.24, 2.45) is 0 Å². The SMILES string of the molecule is CC1(C)CCC(C)(C)c2cc3c(cc21)oc(=O)n3-c1ccc(C(=O)O)cn1. The molecule has 0 bridgehead atoms. The highest BCUT2D eigenvalue weighted by atomic mass is 16.4. The minimum absolute atomic E-state index is 0.00220. The zero-order valence-corrected chi connectivity index (χ0v) is 15.9. The molecule has 27 heavy (non-hydrogen) atoms. The van der Waals surface area contributed by atoms with Gasteiger partial charge in [-0.25, -0.2) is 19.1 Å². The first kappa shape index (κ1) is 17.5. The summed E-state index contributed by atoms with van der Waals surface area (Å²) < 4.78 is 6.91. The molecule has 1 N–H and O–H groups in total. The van der Waals surface area contributed by atoms with Gasteiger partial charge in [-0.1, -0.05) is 27.7 Å². The lowest BCUT2D eigenvalue weighted by molar-refractivity contribution is 0.0696. The predicted octanol–water partition coefficient (Wildman–Crippen LogP) is 4.03. The van der Waals surface area contributed by atoms with E-state index in [-0.39, 0.29) is 16.4 Å². The van der Waals surface area contributed by atoms with Crippen molar-refractivity contribution in [1.82, 2.24) is 9.55 Å². The Balaban J connectivity index is 1.97. The molecule has 3 aromatic rings. The number of benzene rings is 1. The van der Waals surface area contributed by atoms with E-state index in [1.54, 1.807) is 0 Å². The van der Waals surface area contributed by atoms with Crippen LogP contribution in [-0.2, 0) is 10.8 Å². The molecule has 0 radical (unpaired) electrons. The van der Waals surface area contributed by atoms with Crippen LogP contribution in [0.4, 0.5) is 0 Å². The number of carboxylic acid groups (broad SMARTS) is 1. The Kier molecular flexibility index (Phi) is 3.60. The van der Waals surface area contributed by atoms with E-state index in [2.05, 4.69) is 32.7 Å². The van der Waals surface area contributed by atoms with Gasteiger partial charge in [0.1, 0.15) is 5.82 Å². The van der Waals surface area contributed by atoms with Crippen LogP contribution in [0.15, 0.2) is 39.7 Å². The molecular weight excluding hydrogens is 344 g/mol. The monoisotopic (exact) mass is 366 g/mol. The van der Waals surface area contributed by atoms with Crippen LogP contribution < -0.4 is 5.76 Å². The number of hydrogen-bond donors (Lipinski definition) is 1. The highest BCUT2D eigenvalue weighted by Gasteiger charge is 2.38. The Morgan fingerprint density at radius 3 is 2.30 bits per heavy atom. The van der Waals surface area contributed by atoms with Gasteiger partial charge in [-0.15, -0.1) is 0 Å². The Bertz CT molecular complexity index is 1120. The quantitative estimate of drug-likeness (QED) is 0.740. The van der Waals surface area contributed by atoms with E-state index < -0.39 is 11.7 Å². The lowest BCUT2D eigenvalue weighted by atomic mass is 9.63. The fraction of sp³-hybridized carbons (Fsp3) is 0.381. The van der Waals surface area contributed by atoms with Gasteiger partial charge in [-0.3, -0.25) is 0 Å². The number of pyridine rings is 1. The third-order valence-electron chi connectivity index (χ3n) is 5.78. The number of hydrogen-bond acceptors (Lipinski definition) is 4. The summed E-state index contributed by atoms with van der Waals surface area (Å²) in [5, 5.41) is 9.04. The fourth-order valence-electron chi connectivity index (χ4n) is 3.94. The Morgan fingerprint density at radius 1 is 1.11 bits per heavy atom. The summed E-state index contributed by atoms with van der Waals surface area (Å²) in [6, 6.07) is 6.97. The third-order valence-corrected chi connectivity index (χ3v) is 5.78. The Labute approximate surface area is 156 Å². The number of rotatable bonds is 2. The zero-order chi connectivity index (χ0) is 19.6. The molecule has 4 rings (SSSR count). The molecule has 0 saturated carbocycles. The summed E-state index contributed by atoms with van der Waals surface area (Å²) >= 11 is 0. The van der Waals surface area contributed by atoms with Crippen molar-refractivity contribution in [2.45, 2.75) is 51.4 Å². The molecule has 1 aromatic carbocycles. The van der Waals surface area contributed by atoms with Crippen LogP contribution in [0.2, 0.25) is 0 Å². The molecule has 0 saturated heterocycles. The summed E-state index contributed by atoms with van der Waals surface area (Å²) in [4.78, 5) is 27.7. The van der Waals surface area contributed by atoms with Crippen LogP contribution in [0.1, 0.15) is 62.0 Å². The van der Waals surface area contributed by atoms with Gasteiger partial charge in [0.15, 0.2) is 5.58 Å². The van der Waals surface area contributed by atoms with Crippen LogP contribution in [-0.4, -0.2) is 20.6 Å². The minimum Gasteiger partial charge on any atom is -0.478 e. The van der Waals surface area contributed by atoms with E-state index >= 15 is 0 Å². The number of carbonyl (C=O) groups is 1. The molecule has 6 nitrogen and oxygen atoms in total. The summed E-state index contributed by atoms with van der Waals surface area (Å²) in [7, 11) is 0. The first-order valence-corrected chi connectivity index (χ1v) is 9.00. The molecular formula is C21H22N2O4. The lowest BCUT2D eigenvalue weighted by Crippen LogP contribution is -2.33. The summed E-state index contributed by atoms with van der Waals surface area (Å²) in [6.07, 6.45) is 3.38. The van der Waals surface area contributed by atoms with Gasteiger partial charge >= 0.3 is 11.7 Å². The first-order chi connectivity index (χ1) is 12.6. The van der Waals surface area contributed by atoms with Crippen molar-refractivity contribution < 1.29 is 14.3 Å². The molecule has 1 aliphatic carbocycles. The molecule has 0 unspecified atom stereocenters. The van der Waals surface area contributed by atoms with E-state index in [9.17, 15) is 9.59 Å². The maximum absolute atomic E-state index is 12.5. The van der Waals surface area contributed by atoms with E-state index in [4.69, 9.17) is 9.52 Å². The smallest absolute Gasteiger partial charge is 0.425 e. The van der Waals surface area contributed by atoms with Crippen molar-refractivity contribution in [3.05, 3.63) is 57.7 Å². The average Bonchev–Trinajstić information content (AvgIpc) is 2.93. The van der Waals surface area contributed by atoms with Crippen LogP contribution in [0.3, 0.4) is 0 Å². The van der Waals surface area contributed by atoms with E-state index in [1.807, 2.05) is 12.1 Å². The largest absolute Gasteiger partial charge is 0.478 e. The second-order valence-electron chi connectivity index (χ2n) is 8.55. The summed E-state index contributed by atoms with van der Waals surface area (Å²) in [6.45, 7) is 8.87. The number of aromatic nitrogens is 2. The topological polar surface area (TPSA) is 85.3 Å². The molecule has 0 spiro atoms. The molecule has 0 aliphatic heterocycles. The van der Waals surface area contributed by atoms with Crippen LogP contribution >= 0.6 is 0 Å². The summed E-state index contributed by atoms with van der Waals surface area (Å²) in [5.74, 6) is -1.24.